The number of nitrogens with one attached hydrogen (secondary N) is 3. The fourth-order valence-electron chi connectivity index (χ4n) is 4.64. The molecule has 0 aliphatic heterocycles. The molecule has 9 nitrogen and oxygen atoms in total. The van der Waals surface area contributed by atoms with Crippen LogP contribution in [0.4, 0.5) is 0 Å². The molecule has 0 saturated heterocycles. The van der Waals surface area contributed by atoms with Crippen LogP contribution in [0.25, 0.3) is 0 Å². The summed E-state index contributed by atoms with van der Waals surface area (Å²) < 4.78 is 5.37. The quantitative estimate of drug-likeness (QED) is 0.540. The van der Waals surface area contributed by atoms with E-state index in [1.807, 2.05) is 0 Å². The second-order valence-corrected chi connectivity index (χ2v) is 8.87. The zero-order valence-electron chi connectivity index (χ0n) is 18.5. The van der Waals surface area contributed by atoms with Gasteiger partial charge in [0.25, 0.3) is 0 Å². The van der Waals surface area contributed by atoms with Crippen LogP contribution < -0.4 is 16.0 Å². The first-order valence-electron chi connectivity index (χ1n) is 11.6. The lowest BCUT2D eigenvalue weighted by Gasteiger charge is -2.30. The monoisotopic (exact) mass is 433 g/mol. The number of hydrogen-bond acceptors (Lipinski definition) is 6. The van der Waals surface area contributed by atoms with Crippen LogP contribution in [0.5, 0.6) is 0 Å². The van der Waals surface area contributed by atoms with Crippen molar-refractivity contribution in [1.29, 1.82) is 0 Å². The number of rotatable bonds is 8. The van der Waals surface area contributed by atoms with Crippen molar-refractivity contribution in [2.75, 3.05) is 6.54 Å². The molecule has 1 aromatic heterocycles. The largest absolute Gasteiger partial charge is 0.352 e. The van der Waals surface area contributed by atoms with Gasteiger partial charge in [-0.3, -0.25) is 14.4 Å². The molecule has 1 heterocycles. The average Bonchev–Trinajstić information content (AvgIpc) is 3.11. The smallest absolute Gasteiger partial charge is 0.239 e. The maximum atomic E-state index is 12.1. The molecule has 0 spiro atoms. The van der Waals surface area contributed by atoms with Crippen molar-refractivity contribution >= 4 is 17.7 Å². The van der Waals surface area contributed by atoms with Crippen LogP contribution in [0.1, 0.15) is 95.7 Å². The van der Waals surface area contributed by atoms with Crippen molar-refractivity contribution in [1.82, 2.24) is 26.1 Å². The van der Waals surface area contributed by atoms with Crippen LogP contribution in [0.15, 0.2) is 4.52 Å². The molecular weight excluding hydrogens is 398 g/mol. The molecule has 172 valence electrons. The molecule has 31 heavy (non-hydrogen) atoms. The van der Waals surface area contributed by atoms with Gasteiger partial charge in [0.2, 0.25) is 23.6 Å². The lowest BCUT2D eigenvalue weighted by Crippen LogP contribution is -2.45. The second kappa shape index (κ2) is 11.2. The van der Waals surface area contributed by atoms with Gasteiger partial charge in [0.15, 0.2) is 5.82 Å². The van der Waals surface area contributed by atoms with Crippen molar-refractivity contribution in [3.05, 3.63) is 11.7 Å². The van der Waals surface area contributed by atoms with Gasteiger partial charge in [-0.1, -0.05) is 50.1 Å². The minimum atomic E-state index is -0.594. The molecule has 0 radical (unpaired) electrons. The molecule has 2 aliphatic rings. The van der Waals surface area contributed by atoms with Gasteiger partial charge < -0.3 is 20.5 Å². The van der Waals surface area contributed by atoms with Crippen LogP contribution in [-0.2, 0) is 26.3 Å². The zero-order valence-corrected chi connectivity index (χ0v) is 18.5. The highest BCUT2D eigenvalue weighted by Crippen LogP contribution is 2.34. The fraction of sp³-hybridized carbons (Fsp3) is 0.773. The Morgan fingerprint density at radius 2 is 1.68 bits per heavy atom. The highest BCUT2D eigenvalue weighted by Gasteiger charge is 2.38. The summed E-state index contributed by atoms with van der Waals surface area (Å²) in [5, 5.41) is 12.8. The average molecular weight is 434 g/mol. The van der Waals surface area contributed by atoms with Crippen LogP contribution in [0.3, 0.4) is 0 Å². The van der Waals surface area contributed by atoms with Crippen LogP contribution in [0.2, 0.25) is 0 Å². The molecule has 9 heteroatoms. The Labute approximate surface area is 183 Å². The fourth-order valence-corrected chi connectivity index (χ4v) is 4.64. The van der Waals surface area contributed by atoms with E-state index in [4.69, 9.17) is 4.52 Å². The summed E-state index contributed by atoms with van der Waals surface area (Å²) in [6.45, 7) is 1.48. The van der Waals surface area contributed by atoms with Gasteiger partial charge in [-0.05, 0) is 25.7 Å². The van der Waals surface area contributed by atoms with E-state index in [1.165, 1.54) is 13.3 Å². The van der Waals surface area contributed by atoms with Crippen molar-refractivity contribution in [3.63, 3.8) is 0 Å². The maximum Gasteiger partial charge on any atom is 0.239 e. The second-order valence-electron chi connectivity index (χ2n) is 8.87. The third kappa shape index (κ3) is 7.04. The van der Waals surface area contributed by atoms with E-state index >= 15 is 0 Å². The summed E-state index contributed by atoms with van der Waals surface area (Å²) in [4.78, 5) is 40.4. The van der Waals surface area contributed by atoms with E-state index in [9.17, 15) is 14.4 Å². The standard InChI is InChI=1S/C22H35N5O4/c1-16(28)26-22(13-7-2-3-8-14-22)21-25-20(31-27-21)12-11-18(29)23-15-19(30)24-17-9-5-4-6-10-17/h17H,2-15H2,1H3,(H,23,29)(H,24,30)(H,26,28). The Morgan fingerprint density at radius 1 is 1.00 bits per heavy atom. The molecule has 2 fully saturated rings. The Bertz CT molecular complexity index is 749. The van der Waals surface area contributed by atoms with Gasteiger partial charge >= 0.3 is 0 Å². The van der Waals surface area contributed by atoms with E-state index in [0.29, 0.717) is 18.1 Å². The highest BCUT2D eigenvalue weighted by atomic mass is 16.5. The van der Waals surface area contributed by atoms with Gasteiger partial charge in [-0.15, -0.1) is 0 Å². The Morgan fingerprint density at radius 3 is 2.35 bits per heavy atom. The molecule has 2 saturated carbocycles. The van der Waals surface area contributed by atoms with Crippen molar-refractivity contribution in [2.24, 2.45) is 0 Å². The van der Waals surface area contributed by atoms with Crippen LogP contribution in [0, 0.1) is 0 Å². The number of nitrogens with zero attached hydrogens (tertiary/aromatic N) is 2. The normalized spacial score (nSPS) is 19.3. The van der Waals surface area contributed by atoms with E-state index < -0.39 is 5.54 Å². The molecule has 3 rings (SSSR count). The maximum absolute atomic E-state index is 12.1. The number of carbonyl (C=O) groups is 3. The van der Waals surface area contributed by atoms with E-state index in [0.717, 1.165) is 64.2 Å². The first-order valence-corrected chi connectivity index (χ1v) is 11.6. The molecule has 0 bridgehead atoms. The molecule has 0 unspecified atom stereocenters. The number of carbonyl (C=O) groups excluding carboxylic acids is 3. The van der Waals surface area contributed by atoms with Gasteiger partial charge in [0.05, 0.1) is 6.54 Å². The van der Waals surface area contributed by atoms with Gasteiger partial charge in [0.1, 0.15) is 5.54 Å². The summed E-state index contributed by atoms with van der Waals surface area (Å²) in [6.07, 6.45) is 11.8. The minimum Gasteiger partial charge on any atom is -0.352 e. The molecule has 3 amide bonds. The summed E-state index contributed by atoms with van der Waals surface area (Å²) in [5.41, 5.74) is -0.594. The Kier molecular flexibility index (Phi) is 8.43. The zero-order chi connectivity index (χ0) is 22.1. The minimum absolute atomic E-state index is 0.0178. The van der Waals surface area contributed by atoms with Crippen molar-refractivity contribution in [3.8, 4) is 0 Å². The number of aromatic nitrogens is 2. The Balaban J connectivity index is 1.46. The molecule has 1 aromatic rings. The summed E-state index contributed by atoms with van der Waals surface area (Å²) in [6, 6.07) is 0.231. The third-order valence-electron chi connectivity index (χ3n) is 6.25. The van der Waals surface area contributed by atoms with E-state index in [1.54, 1.807) is 0 Å². The third-order valence-corrected chi connectivity index (χ3v) is 6.25. The Hall–Kier alpha value is -2.45. The van der Waals surface area contributed by atoms with Crippen molar-refractivity contribution < 1.29 is 18.9 Å². The van der Waals surface area contributed by atoms with Crippen molar-refractivity contribution in [2.45, 2.75) is 102 Å². The summed E-state index contributed by atoms with van der Waals surface area (Å²) in [7, 11) is 0. The topological polar surface area (TPSA) is 126 Å². The van der Waals surface area contributed by atoms with Crippen LogP contribution >= 0.6 is 0 Å². The molecular formula is C22H35N5O4. The SMILES string of the molecule is CC(=O)NC1(c2noc(CCC(=O)NCC(=O)NC3CCCCC3)n2)CCCCCC1. The van der Waals surface area contributed by atoms with Gasteiger partial charge in [-0.25, -0.2) is 0 Å². The first-order chi connectivity index (χ1) is 15.0. The van der Waals surface area contributed by atoms with E-state index in [-0.39, 0.29) is 36.7 Å². The molecule has 0 aromatic carbocycles. The summed E-state index contributed by atoms with van der Waals surface area (Å²) >= 11 is 0. The number of aryl methyl sites for hydroxylation is 1. The molecule has 0 atom stereocenters. The predicted octanol–water partition coefficient (Wildman–Crippen LogP) is 2.25. The number of hydrogen-bond donors (Lipinski definition) is 3. The highest BCUT2D eigenvalue weighted by molar-refractivity contribution is 5.84. The predicted molar refractivity (Wildman–Crippen MR) is 114 cm³/mol. The molecule has 3 N–H and O–H groups in total. The van der Waals surface area contributed by atoms with E-state index in [2.05, 4.69) is 26.1 Å². The summed E-state index contributed by atoms with van der Waals surface area (Å²) in [5.74, 6) is 0.368. The first kappa shape index (κ1) is 23.2. The van der Waals surface area contributed by atoms with Crippen LogP contribution in [-0.4, -0.2) is 40.4 Å². The lowest BCUT2D eigenvalue weighted by molar-refractivity contribution is -0.126. The van der Waals surface area contributed by atoms with Gasteiger partial charge in [0, 0.05) is 25.8 Å². The molecule has 2 aliphatic carbocycles. The number of amides is 3. The van der Waals surface area contributed by atoms with Gasteiger partial charge in [-0.2, -0.15) is 4.98 Å². The lowest BCUT2D eigenvalue weighted by atomic mass is 9.89.